The largest absolute Gasteiger partial charge is 0.371 e. The van der Waals surface area contributed by atoms with Gasteiger partial charge < -0.3 is 15.8 Å². The van der Waals surface area contributed by atoms with E-state index in [1.165, 1.54) is 12.1 Å². The van der Waals surface area contributed by atoms with Crippen molar-refractivity contribution in [2.75, 3.05) is 19.7 Å². The summed E-state index contributed by atoms with van der Waals surface area (Å²) in [6, 6.07) is 4.36. The Kier molecular flexibility index (Phi) is 3.17. The van der Waals surface area contributed by atoms with E-state index < -0.39 is 11.7 Å². The lowest BCUT2D eigenvalue weighted by Gasteiger charge is -2.24. The highest BCUT2D eigenvalue weighted by Gasteiger charge is 2.18. The van der Waals surface area contributed by atoms with Crippen molar-refractivity contribution in [3.05, 3.63) is 35.1 Å². The average molecular weight is 224 g/mol. The Bertz CT molecular complexity index is 403. The topological polar surface area (TPSA) is 64.4 Å². The van der Waals surface area contributed by atoms with Gasteiger partial charge in [0.25, 0.3) is 5.91 Å². The average Bonchev–Trinajstić information content (AvgIpc) is 2.29. The minimum Gasteiger partial charge on any atom is -0.371 e. The van der Waals surface area contributed by atoms with Gasteiger partial charge in [-0.1, -0.05) is 6.07 Å². The van der Waals surface area contributed by atoms with E-state index in [0.29, 0.717) is 13.2 Å². The zero-order valence-corrected chi connectivity index (χ0v) is 8.70. The van der Waals surface area contributed by atoms with E-state index in [9.17, 15) is 9.18 Å². The van der Waals surface area contributed by atoms with E-state index in [-0.39, 0.29) is 11.7 Å². The Balaban J connectivity index is 2.23. The molecule has 0 aromatic heterocycles. The Morgan fingerprint density at radius 1 is 1.56 bits per heavy atom. The molecule has 1 atom stereocenters. The van der Waals surface area contributed by atoms with Gasteiger partial charge in [0.1, 0.15) is 5.82 Å². The second-order valence-electron chi connectivity index (χ2n) is 3.67. The van der Waals surface area contributed by atoms with Crippen molar-refractivity contribution in [1.82, 2.24) is 5.32 Å². The number of halogens is 1. The number of nitrogens with two attached hydrogens (primary N) is 1. The number of ether oxygens (including phenoxy) is 1. The lowest BCUT2D eigenvalue weighted by Crippen LogP contribution is -2.33. The predicted octanol–water partition coefficient (Wildman–Crippen LogP) is 0.585. The van der Waals surface area contributed by atoms with Gasteiger partial charge in [0, 0.05) is 13.1 Å². The normalized spacial score (nSPS) is 20.7. The summed E-state index contributed by atoms with van der Waals surface area (Å²) in [5.41, 5.74) is 5.65. The lowest BCUT2D eigenvalue weighted by molar-refractivity contribution is 0.0275. The molecule has 2 rings (SSSR count). The molecular weight excluding hydrogens is 211 g/mol. The number of morpholine rings is 1. The SMILES string of the molecule is NC(=O)c1ccc([C@H]2CNCCO2)cc1F. The van der Waals surface area contributed by atoms with E-state index in [0.717, 1.165) is 12.1 Å². The van der Waals surface area contributed by atoms with E-state index in [4.69, 9.17) is 10.5 Å². The van der Waals surface area contributed by atoms with Crippen molar-refractivity contribution < 1.29 is 13.9 Å². The van der Waals surface area contributed by atoms with E-state index in [2.05, 4.69) is 5.32 Å². The number of carbonyl (C=O) groups excluding carboxylic acids is 1. The van der Waals surface area contributed by atoms with Crippen LogP contribution in [0.25, 0.3) is 0 Å². The van der Waals surface area contributed by atoms with Gasteiger partial charge in [0.15, 0.2) is 0 Å². The Hall–Kier alpha value is -1.46. The second-order valence-corrected chi connectivity index (χ2v) is 3.67. The number of primary amides is 1. The molecule has 0 radical (unpaired) electrons. The molecule has 0 saturated carbocycles. The Morgan fingerprint density at radius 3 is 2.94 bits per heavy atom. The molecule has 1 aromatic carbocycles. The Labute approximate surface area is 92.6 Å². The lowest BCUT2D eigenvalue weighted by atomic mass is 10.1. The van der Waals surface area contributed by atoms with Gasteiger partial charge in [0.05, 0.1) is 18.3 Å². The first-order valence-corrected chi connectivity index (χ1v) is 5.10. The summed E-state index contributed by atoms with van der Waals surface area (Å²) in [4.78, 5) is 10.8. The molecule has 1 heterocycles. The maximum absolute atomic E-state index is 13.5. The molecule has 0 bridgehead atoms. The van der Waals surface area contributed by atoms with Crippen molar-refractivity contribution in [2.24, 2.45) is 5.73 Å². The molecule has 1 aliphatic rings. The smallest absolute Gasteiger partial charge is 0.251 e. The molecule has 1 aromatic rings. The number of nitrogens with one attached hydrogen (secondary N) is 1. The first-order valence-electron chi connectivity index (χ1n) is 5.10. The molecule has 0 aliphatic carbocycles. The third-order valence-electron chi connectivity index (χ3n) is 2.56. The van der Waals surface area contributed by atoms with Crippen molar-refractivity contribution in [3.63, 3.8) is 0 Å². The molecule has 1 saturated heterocycles. The van der Waals surface area contributed by atoms with Gasteiger partial charge in [-0.2, -0.15) is 0 Å². The third-order valence-corrected chi connectivity index (χ3v) is 2.56. The van der Waals surface area contributed by atoms with Crippen LogP contribution < -0.4 is 11.1 Å². The van der Waals surface area contributed by atoms with Gasteiger partial charge in [-0.3, -0.25) is 4.79 Å². The van der Waals surface area contributed by atoms with Gasteiger partial charge in [-0.05, 0) is 17.7 Å². The number of rotatable bonds is 2. The van der Waals surface area contributed by atoms with E-state index in [1.807, 2.05) is 0 Å². The van der Waals surface area contributed by atoms with Crippen molar-refractivity contribution >= 4 is 5.91 Å². The van der Waals surface area contributed by atoms with E-state index >= 15 is 0 Å². The summed E-state index contributed by atoms with van der Waals surface area (Å²) in [5, 5.41) is 3.15. The molecular formula is C11H13FN2O2. The molecule has 16 heavy (non-hydrogen) atoms. The molecule has 3 N–H and O–H groups in total. The fourth-order valence-corrected chi connectivity index (χ4v) is 1.71. The molecule has 0 spiro atoms. The second kappa shape index (κ2) is 4.59. The van der Waals surface area contributed by atoms with Gasteiger partial charge in [-0.15, -0.1) is 0 Å². The monoisotopic (exact) mass is 224 g/mol. The van der Waals surface area contributed by atoms with Crippen LogP contribution in [0.1, 0.15) is 22.0 Å². The minimum atomic E-state index is -0.758. The summed E-state index contributed by atoms with van der Waals surface area (Å²) in [6.07, 6.45) is -0.162. The maximum atomic E-state index is 13.5. The molecule has 1 amide bonds. The van der Waals surface area contributed by atoms with Crippen LogP contribution in [0.5, 0.6) is 0 Å². The summed E-state index contributed by atoms with van der Waals surface area (Å²) >= 11 is 0. The first kappa shape index (κ1) is 11.0. The van der Waals surface area contributed by atoms with Crippen LogP contribution in [0, 0.1) is 5.82 Å². The number of carbonyl (C=O) groups is 1. The number of amides is 1. The van der Waals surface area contributed by atoms with Gasteiger partial charge in [0.2, 0.25) is 0 Å². The fraction of sp³-hybridized carbons (Fsp3) is 0.364. The molecule has 5 heteroatoms. The summed E-state index contributed by atoms with van der Waals surface area (Å²) in [5.74, 6) is -1.36. The van der Waals surface area contributed by atoms with Gasteiger partial charge in [-0.25, -0.2) is 4.39 Å². The predicted molar refractivity (Wildman–Crippen MR) is 56.5 cm³/mol. The number of hydrogen-bond acceptors (Lipinski definition) is 3. The molecule has 1 aliphatic heterocycles. The highest BCUT2D eigenvalue weighted by atomic mass is 19.1. The Morgan fingerprint density at radius 2 is 2.38 bits per heavy atom. The first-order chi connectivity index (χ1) is 7.68. The highest BCUT2D eigenvalue weighted by Crippen LogP contribution is 2.21. The summed E-state index contributed by atoms with van der Waals surface area (Å²) < 4.78 is 19.0. The molecule has 1 fully saturated rings. The van der Waals surface area contributed by atoms with Crippen LogP contribution in [0.3, 0.4) is 0 Å². The van der Waals surface area contributed by atoms with E-state index in [1.54, 1.807) is 6.07 Å². The zero-order chi connectivity index (χ0) is 11.5. The van der Waals surface area contributed by atoms with Crippen LogP contribution in [-0.2, 0) is 4.74 Å². The highest BCUT2D eigenvalue weighted by molar-refractivity contribution is 5.93. The summed E-state index contributed by atoms with van der Waals surface area (Å²) in [7, 11) is 0. The van der Waals surface area contributed by atoms with Crippen LogP contribution >= 0.6 is 0 Å². The molecule has 86 valence electrons. The van der Waals surface area contributed by atoms with Crippen LogP contribution in [0.2, 0.25) is 0 Å². The van der Waals surface area contributed by atoms with Crippen molar-refractivity contribution in [1.29, 1.82) is 0 Å². The van der Waals surface area contributed by atoms with Crippen LogP contribution in [0.4, 0.5) is 4.39 Å². The number of hydrogen-bond donors (Lipinski definition) is 2. The zero-order valence-electron chi connectivity index (χ0n) is 8.70. The third kappa shape index (κ3) is 2.20. The standard InChI is InChI=1S/C11H13FN2O2/c12-9-5-7(1-2-8(9)11(13)15)10-6-14-3-4-16-10/h1-2,5,10,14H,3-4,6H2,(H2,13,15)/t10-/m1/s1. The summed E-state index contributed by atoms with van der Waals surface area (Å²) in [6.45, 7) is 2.05. The maximum Gasteiger partial charge on any atom is 0.251 e. The quantitative estimate of drug-likeness (QED) is 0.772. The van der Waals surface area contributed by atoms with Crippen molar-refractivity contribution in [3.8, 4) is 0 Å². The molecule has 0 unspecified atom stereocenters. The van der Waals surface area contributed by atoms with Gasteiger partial charge >= 0.3 is 0 Å². The fourth-order valence-electron chi connectivity index (χ4n) is 1.71. The molecule has 4 nitrogen and oxygen atoms in total. The van der Waals surface area contributed by atoms with Crippen LogP contribution in [0.15, 0.2) is 18.2 Å². The minimum absolute atomic E-state index is 0.0903. The van der Waals surface area contributed by atoms with Crippen LogP contribution in [-0.4, -0.2) is 25.6 Å². The van der Waals surface area contributed by atoms with Crippen molar-refractivity contribution in [2.45, 2.75) is 6.10 Å². The number of benzene rings is 1.